The molecule has 16 heteroatoms. The van der Waals surface area contributed by atoms with Crippen LogP contribution in [0.5, 0.6) is 11.5 Å². The van der Waals surface area contributed by atoms with Gasteiger partial charge in [-0.15, -0.1) is 23.2 Å². The SMILES string of the molecule is CCOc1cccc(C2C3=CCC4C(=O)N(c5ccc(C(C)=O)cc5)C(=O)C4C3CC3(Cl)C(=O)N(c4c(F)c(F)c(F)c(F)c4F)C(=O)C23Cl)c1O. The van der Waals surface area contributed by atoms with E-state index in [-0.39, 0.29) is 46.3 Å². The minimum absolute atomic E-state index is 0.0630. The molecule has 2 heterocycles. The van der Waals surface area contributed by atoms with Crippen molar-refractivity contribution in [1.29, 1.82) is 0 Å². The number of carbonyl (C=O) groups excluding carboxylic acids is 5. The summed E-state index contributed by atoms with van der Waals surface area (Å²) in [6.07, 6.45) is 0.702. The van der Waals surface area contributed by atoms with E-state index in [0.29, 0.717) is 5.56 Å². The zero-order chi connectivity index (χ0) is 37.8. The number of benzene rings is 3. The average molecular weight is 763 g/mol. The van der Waals surface area contributed by atoms with E-state index in [1.807, 2.05) is 0 Å². The van der Waals surface area contributed by atoms with Crippen molar-refractivity contribution in [3.05, 3.63) is 94.3 Å². The first kappa shape index (κ1) is 35.6. The van der Waals surface area contributed by atoms with E-state index in [2.05, 4.69) is 0 Å². The van der Waals surface area contributed by atoms with E-state index in [0.717, 1.165) is 4.90 Å². The Kier molecular flexibility index (Phi) is 8.29. The zero-order valence-corrected chi connectivity index (χ0v) is 28.5. The van der Waals surface area contributed by atoms with Crippen molar-refractivity contribution in [3.8, 4) is 11.5 Å². The molecular formula is C36H25Cl2F5N2O7. The second-order valence-corrected chi connectivity index (χ2v) is 14.2. The Labute approximate surface area is 301 Å². The number of amides is 4. The van der Waals surface area contributed by atoms with Gasteiger partial charge >= 0.3 is 0 Å². The molecular weight excluding hydrogens is 738 g/mol. The maximum atomic E-state index is 15.3. The smallest absolute Gasteiger partial charge is 0.258 e. The molecule has 3 fully saturated rings. The van der Waals surface area contributed by atoms with Gasteiger partial charge in [0.05, 0.1) is 24.1 Å². The van der Waals surface area contributed by atoms with Crippen molar-refractivity contribution in [2.75, 3.05) is 16.4 Å². The van der Waals surface area contributed by atoms with E-state index in [1.54, 1.807) is 6.92 Å². The van der Waals surface area contributed by atoms with Crippen molar-refractivity contribution in [2.45, 2.75) is 42.4 Å². The molecule has 3 aromatic carbocycles. The molecule has 2 saturated heterocycles. The molecule has 270 valence electrons. The zero-order valence-electron chi connectivity index (χ0n) is 27.0. The van der Waals surface area contributed by atoms with Gasteiger partial charge in [-0.05, 0) is 62.9 Å². The first-order valence-electron chi connectivity index (χ1n) is 15.9. The van der Waals surface area contributed by atoms with Crippen LogP contribution in [0.25, 0.3) is 0 Å². The summed E-state index contributed by atoms with van der Waals surface area (Å²) in [4.78, 5) is 63.8. The number of imide groups is 2. The third-order valence-electron chi connectivity index (χ3n) is 10.4. The number of hydrogen-bond acceptors (Lipinski definition) is 7. The first-order chi connectivity index (χ1) is 24.5. The molecule has 4 amide bonds. The molecule has 1 N–H and O–H groups in total. The molecule has 7 rings (SSSR count). The number of anilines is 2. The fourth-order valence-electron chi connectivity index (χ4n) is 8.06. The number of alkyl halides is 2. The summed E-state index contributed by atoms with van der Waals surface area (Å²) < 4.78 is 79.0. The topological polar surface area (TPSA) is 121 Å². The number of nitrogens with zero attached hydrogens (tertiary/aromatic N) is 2. The molecule has 1 saturated carbocycles. The number of halogens is 7. The molecule has 9 nitrogen and oxygen atoms in total. The van der Waals surface area contributed by atoms with Crippen LogP contribution in [0.2, 0.25) is 0 Å². The Morgan fingerprint density at radius 1 is 0.865 bits per heavy atom. The summed E-state index contributed by atoms with van der Waals surface area (Å²) in [6, 6.07) is 9.77. The second-order valence-electron chi connectivity index (χ2n) is 12.9. The van der Waals surface area contributed by atoms with Crippen LogP contribution in [-0.2, 0) is 19.2 Å². The van der Waals surface area contributed by atoms with Crippen LogP contribution < -0.4 is 14.5 Å². The van der Waals surface area contributed by atoms with Gasteiger partial charge < -0.3 is 9.84 Å². The predicted molar refractivity (Wildman–Crippen MR) is 175 cm³/mol. The highest BCUT2D eigenvalue weighted by Gasteiger charge is 2.77. The average Bonchev–Trinajstić information content (AvgIpc) is 3.46. The van der Waals surface area contributed by atoms with E-state index >= 15 is 8.78 Å². The summed E-state index contributed by atoms with van der Waals surface area (Å²) in [6.45, 7) is 3.02. The highest BCUT2D eigenvalue weighted by atomic mass is 35.5. The van der Waals surface area contributed by atoms with Crippen molar-refractivity contribution >= 4 is 64.0 Å². The van der Waals surface area contributed by atoms with Gasteiger partial charge in [0.1, 0.15) is 5.69 Å². The Morgan fingerprint density at radius 3 is 2.08 bits per heavy atom. The van der Waals surface area contributed by atoms with Gasteiger partial charge in [-0.1, -0.05) is 23.8 Å². The van der Waals surface area contributed by atoms with Gasteiger partial charge in [0.2, 0.25) is 17.6 Å². The van der Waals surface area contributed by atoms with Gasteiger partial charge in [0, 0.05) is 17.0 Å². The summed E-state index contributed by atoms with van der Waals surface area (Å²) >= 11 is 14.3. The van der Waals surface area contributed by atoms with Gasteiger partial charge in [0.25, 0.3) is 11.8 Å². The minimum atomic E-state index is -2.81. The summed E-state index contributed by atoms with van der Waals surface area (Å²) in [5.41, 5.74) is -1.46. The van der Waals surface area contributed by atoms with Crippen LogP contribution in [0.4, 0.5) is 33.3 Å². The summed E-state index contributed by atoms with van der Waals surface area (Å²) in [5, 5.41) is 11.5. The molecule has 0 bridgehead atoms. The van der Waals surface area contributed by atoms with Gasteiger partial charge in [-0.2, -0.15) is 0 Å². The molecule has 6 unspecified atom stereocenters. The van der Waals surface area contributed by atoms with Crippen LogP contribution in [0.3, 0.4) is 0 Å². The largest absolute Gasteiger partial charge is 0.504 e. The number of ketones is 1. The van der Waals surface area contributed by atoms with Crippen molar-refractivity contribution < 1.29 is 55.8 Å². The van der Waals surface area contributed by atoms with Crippen molar-refractivity contribution in [3.63, 3.8) is 0 Å². The monoisotopic (exact) mass is 762 g/mol. The van der Waals surface area contributed by atoms with Crippen LogP contribution >= 0.6 is 23.2 Å². The lowest BCUT2D eigenvalue weighted by molar-refractivity contribution is -0.125. The molecule has 0 aromatic heterocycles. The number of Topliss-reactive ketones (excluding diaryl/α,β-unsaturated/α-hetero) is 1. The van der Waals surface area contributed by atoms with Crippen molar-refractivity contribution in [2.24, 2.45) is 17.8 Å². The number of ether oxygens (including phenoxy) is 1. The van der Waals surface area contributed by atoms with Gasteiger partial charge in [-0.25, -0.2) is 26.9 Å². The maximum Gasteiger partial charge on any atom is 0.258 e. The van der Waals surface area contributed by atoms with E-state index in [1.165, 1.54) is 55.5 Å². The fraction of sp³-hybridized carbons (Fsp3) is 0.306. The number of para-hydroxylation sites is 1. The standard InChI is InChI=1S/C36H25Cl2F5N2O7/c1-3-52-21-6-4-5-19(30(21)47)23-17-11-12-18-22(32(49)44(31(18)48)16-9-7-15(8-10-16)14(2)46)20(17)13-35(37)33(50)45(34(51)36(23,35)38)29-27(42)25(40)24(39)26(41)28(29)43/h4-11,18,20,22-23,47H,3,12-13H2,1-2H3. The molecule has 6 atom stereocenters. The number of rotatable bonds is 6. The number of hydrogen-bond donors (Lipinski definition) is 1. The van der Waals surface area contributed by atoms with Crippen LogP contribution in [0.15, 0.2) is 54.1 Å². The first-order valence-corrected chi connectivity index (χ1v) is 16.7. The van der Waals surface area contributed by atoms with E-state index in [9.17, 15) is 42.3 Å². The van der Waals surface area contributed by atoms with Gasteiger partial charge in [-0.3, -0.25) is 28.9 Å². The molecule has 4 aliphatic rings. The van der Waals surface area contributed by atoms with Crippen LogP contribution in [-0.4, -0.2) is 50.9 Å². The van der Waals surface area contributed by atoms with Crippen LogP contribution in [0.1, 0.15) is 48.5 Å². The number of aromatic hydroxyl groups is 1. The quantitative estimate of drug-likeness (QED) is 0.0583. The maximum absolute atomic E-state index is 15.3. The number of phenolic OH excluding ortho intramolecular Hbond substituents is 1. The molecule has 0 radical (unpaired) electrons. The normalized spacial score (nSPS) is 28.1. The van der Waals surface area contributed by atoms with E-state index in [4.69, 9.17) is 27.9 Å². The minimum Gasteiger partial charge on any atom is -0.504 e. The third kappa shape index (κ3) is 4.55. The molecule has 52 heavy (non-hydrogen) atoms. The highest BCUT2D eigenvalue weighted by molar-refractivity contribution is 6.58. The molecule has 2 aliphatic carbocycles. The number of phenols is 1. The van der Waals surface area contributed by atoms with Crippen LogP contribution in [0, 0.1) is 46.8 Å². The lowest BCUT2D eigenvalue weighted by Gasteiger charge is -2.50. The third-order valence-corrected chi connectivity index (χ3v) is 11.8. The fourth-order valence-corrected chi connectivity index (χ4v) is 8.98. The van der Waals surface area contributed by atoms with Gasteiger partial charge in [0.15, 0.2) is 50.3 Å². The lowest BCUT2D eigenvalue weighted by Crippen LogP contribution is -2.60. The second kappa shape index (κ2) is 12.1. The predicted octanol–water partition coefficient (Wildman–Crippen LogP) is 6.46. The Morgan fingerprint density at radius 2 is 1.48 bits per heavy atom. The number of carbonyl (C=O) groups is 5. The van der Waals surface area contributed by atoms with Crippen molar-refractivity contribution in [1.82, 2.24) is 0 Å². The molecule has 2 aliphatic heterocycles. The Hall–Kier alpha value is -4.82. The Balaban J connectivity index is 1.43. The Bertz CT molecular complexity index is 2150. The molecule has 3 aromatic rings. The summed E-state index contributed by atoms with van der Waals surface area (Å²) in [5.74, 6) is -23.2. The van der Waals surface area contributed by atoms with E-state index < -0.39 is 104 Å². The highest BCUT2D eigenvalue weighted by Crippen LogP contribution is 2.67. The number of allylic oxidation sites excluding steroid dienone is 2. The summed E-state index contributed by atoms with van der Waals surface area (Å²) in [7, 11) is 0. The lowest BCUT2D eigenvalue weighted by atomic mass is 9.56. The molecule has 0 spiro atoms. The number of fused-ring (bicyclic) bond motifs is 4.